The highest BCUT2D eigenvalue weighted by Gasteiger charge is 2.27. The molecule has 8 heteroatoms. The predicted octanol–water partition coefficient (Wildman–Crippen LogP) is 5.98. The molecule has 3 aromatic rings. The van der Waals surface area contributed by atoms with Crippen molar-refractivity contribution in [1.29, 1.82) is 0 Å². The lowest BCUT2D eigenvalue weighted by Crippen LogP contribution is -2.31. The molecule has 3 N–H and O–H groups in total. The number of phenols is 1. The van der Waals surface area contributed by atoms with Crippen LogP contribution in [0.1, 0.15) is 25.7 Å². The largest absolute Gasteiger partial charge is 0.507 e. The Morgan fingerprint density at radius 2 is 2.03 bits per heavy atom. The predicted molar refractivity (Wildman–Crippen MR) is 125 cm³/mol. The van der Waals surface area contributed by atoms with Crippen LogP contribution in [-0.2, 0) is 4.79 Å². The van der Waals surface area contributed by atoms with Crippen LogP contribution in [0.3, 0.4) is 0 Å². The van der Waals surface area contributed by atoms with Gasteiger partial charge >= 0.3 is 5.97 Å². The Balaban J connectivity index is 1.78. The van der Waals surface area contributed by atoms with E-state index >= 15 is 0 Å². The zero-order valence-electron chi connectivity index (χ0n) is 18.0. The first-order valence-corrected chi connectivity index (χ1v) is 11.1. The van der Waals surface area contributed by atoms with Crippen LogP contribution < -0.4 is 10.1 Å². The summed E-state index contributed by atoms with van der Waals surface area (Å²) in [6, 6.07) is 12.6. The fraction of sp³-hybridized carbons (Fsp3) is 0.280. The Kier molecular flexibility index (Phi) is 6.70. The minimum absolute atomic E-state index is 0.0341. The number of ether oxygens (including phenoxy) is 1. The average Bonchev–Trinajstić information content (AvgIpc) is 2.79. The molecule has 4 rings (SSSR count). The van der Waals surface area contributed by atoms with Gasteiger partial charge in [0.1, 0.15) is 23.1 Å². The Labute approximate surface area is 196 Å². The van der Waals surface area contributed by atoms with Crippen LogP contribution in [0.25, 0.3) is 22.4 Å². The maximum absolute atomic E-state index is 14.7. The molecule has 172 valence electrons. The molecular formula is C25H24ClFN2O4. The molecule has 0 amide bonds. The lowest BCUT2D eigenvalue weighted by atomic mass is 9.86. The summed E-state index contributed by atoms with van der Waals surface area (Å²) < 4.78 is 19.9. The second kappa shape index (κ2) is 9.67. The molecule has 1 aliphatic carbocycles. The minimum Gasteiger partial charge on any atom is -0.507 e. The van der Waals surface area contributed by atoms with Gasteiger partial charge in [-0.05, 0) is 61.2 Å². The number of halogens is 2. The summed E-state index contributed by atoms with van der Waals surface area (Å²) in [5.41, 5.74) is 1.58. The lowest BCUT2D eigenvalue weighted by Gasteiger charge is -2.28. The van der Waals surface area contributed by atoms with Crippen molar-refractivity contribution in [2.24, 2.45) is 5.92 Å². The fourth-order valence-electron chi connectivity index (χ4n) is 4.27. The molecule has 2 unspecified atom stereocenters. The topological polar surface area (TPSA) is 91.7 Å². The second-order valence-electron chi connectivity index (χ2n) is 8.15. The SMILES string of the molecule is COc1ccc(-c2cc(-c3c(F)cccc3Cl)cc(NC3CCCC(C(=O)O)C3)n2)c(O)c1. The number of aliphatic carboxylic acids is 1. The number of rotatable bonds is 6. The quantitative estimate of drug-likeness (QED) is 0.410. The number of benzene rings is 2. The van der Waals surface area contributed by atoms with Gasteiger partial charge in [0.25, 0.3) is 0 Å². The first-order chi connectivity index (χ1) is 15.9. The van der Waals surface area contributed by atoms with E-state index in [1.165, 1.54) is 25.3 Å². The molecule has 1 fully saturated rings. The van der Waals surface area contributed by atoms with Crippen molar-refractivity contribution in [3.63, 3.8) is 0 Å². The van der Waals surface area contributed by atoms with Crippen molar-refractivity contribution < 1.29 is 24.1 Å². The summed E-state index contributed by atoms with van der Waals surface area (Å²) >= 11 is 6.32. The third-order valence-corrected chi connectivity index (χ3v) is 6.25. The molecule has 6 nitrogen and oxygen atoms in total. The number of pyridine rings is 1. The van der Waals surface area contributed by atoms with Crippen LogP contribution in [0.4, 0.5) is 10.2 Å². The summed E-state index contributed by atoms with van der Waals surface area (Å²) in [5, 5.41) is 23.5. The summed E-state index contributed by atoms with van der Waals surface area (Å²) in [6.45, 7) is 0. The van der Waals surface area contributed by atoms with Crippen molar-refractivity contribution in [3.05, 3.63) is 59.4 Å². The van der Waals surface area contributed by atoms with Gasteiger partial charge in [-0.3, -0.25) is 4.79 Å². The Morgan fingerprint density at radius 1 is 1.21 bits per heavy atom. The van der Waals surface area contributed by atoms with E-state index in [0.717, 1.165) is 12.8 Å². The standard InChI is InChI=1S/C25H24ClFN2O4/c1-33-17-8-9-18(22(30)13-17)21-11-15(24-19(26)6-3-7-20(24)27)12-23(29-21)28-16-5-2-4-14(10-16)25(31)32/h3,6-9,11-14,16,30H,2,4-5,10H2,1H3,(H,28,29)(H,31,32). The first-order valence-electron chi connectivity index (χ1n) is 10.7. The van der Waals surface area contributed by atoms with E-state index in [2.05, 4.69) is 10.3 Å². The monoisotopic (exact) mass is 470 g/mol. The summed E-state index contributed by atoms with van der Waals surface area (Å²) in [7, 11) is 1.50. The third-order valence-electron chi connectivity index (χ3n) is 5.93. The van der Waals surface area contributed by atoms with Gasteiger partial charge in [-0.15, -0.1) is 0 Å². The molecule has 1 heterocycles. The van der Waals surface area contributed by atoms with Crippen LogP contribution in [0.2, 0.25) is 5.02 Å². The van der Waals surface area contributed by atoms with Crippen LogP contribution in [-0.4, -0.2) is 34.3 Å². The molecular weight excluding hydrogens is 447 g/mol. The number of aromatic hydroxyl groups is 1. The van der Waals surface area contributed by atoms with Gasteiger partial charge in [-0.25, -0.2) is 9.37 Å². The Morgan fingerprint density at radius 3 is 2.73 bits per heavy atom. The number of hydrogen-bond donors (Lipinski definition) is 3. The van der Waals surface area contributed by atoms with E-state index in [1.54, 1.807) is 30.3 Å². The molecule has 1 aliphatic rings. The molecule has 0 bridgehead atoms. The van der Waals surface area contributed by atoms with Crippen LogP contribution in [0.15, 0.2) is 48.5 Å². The molecule has 1 aromatic heterocycles. The summed E-state index contributed by atoms with van der Waals surface area (Å²) in [4.78, 5) is 16.1. The van der Waals surface area contributed by atoms with Gasteiger partial charge in [0.15, 0.2) is 0 Å². The minimum atomic E-state index is -0.801. The molecule has 2 atom stereocenters. The van der Waals surface area contributed by atoms with E-state index in [0.29, 0.717) is 41.2 Å². The highest BCUT2D eigenvalue weighted by molar-refractivity contribution is 6.33. The summed E-state index contributed by atoms with van der Waals surface area (Å²) in [6.07, 6.45) is 2.72. The average molecular weight is 471 g/mol. The molecule has 0 saturated heterocycles. The zero-order chi connectivity index (χ0) is 23.5. The van der Waals surface area contributed by atoms with Gasteiger partial charge in [-0.2, -0.15) is 0 Å². The van der Waals surface area contributed by atoms with E-state index in [9.17, 15) is 19.4 Å². The number of methoxy groups -OCH3 is 1. The molecule has 33 heavy (non-hydrogen) atoms. The number of anilines is 1. The highest BCUT2D eigenvalue weighted by atomic mass is 35.5. The van der Waals surface area contributed by atoms with Crippen molar-refractivity contribution >= 4 is 23.4 Å². The lowest BCUT2D eigenvalue weighted by molar-refractivity contribution is -0.142. The maximum Gasteiger partial charge on any atom is 0.306 e. The summed E-state index contributed by atoms with van der Waals surface area (Å²) in [5.74, 6) is -0.782. The number of carbonyl (C=O) groups is 1. The number of aromatic nitrogens is 1. The van der Waals surface area contributed by atoms with E-state index in [1.807, 2.05) is 0 Å². The Bertz CT molecular complexity index is 1170. The molecule has 0 aliphatic heterocycles. The van der Waals surface area contributed by atoms with Gasteiger partial charge in [0.2, 0.25) is 0 Å². The van der Waals surface area contributed by atoms with E-state index < -0.39 is 17.7 Å². The van der Waals surface area contributed by atoms with Crippen molar-refractivity contribution in [3.8, 4) is 33.9 Å². The number of phenolic OH excluding ortho intramolecular Hbond substituents is 1. The smallest absolute Gasteiger partial charge is 0.306 e. The third kappa shape index (κ3) is 5.03. The number of carboxylic acid groups (broad SMARTS) is 1. The molecule has 0 spiro atoms. The van der Waals surface area contributed by atoms with Gasteiger partial charge < -0.3 is 20.3 Å². The van der Waals surface area contributed by atoms with E-state index in [-0.39, 0.29) is 22.4 Å². The zero-order valence-corrected chi connectivity index (χ0v) is 18.8. The van der Waals surface area contributed by atoms with Crippen molar-refractivity contribution in [2.45, 2.75) is 31.7 Å². The number of carboxylic acids is 1. The van der Waals surface area contributed by atoms with Crippen molar-refractivity contribution in [1.82, 2.24) is 4.98 Å². The first kappa shape index (κ1) is 22.9. The van der Waals surface area contributed by atoms with Gasteiger partial charge in [0, 0.05) is 23.2 Å². The van der Waals surface area contributed by atoms with Gasteiger partial charge in [0.05, 0.1) is 23.7 Å². The maximum atomic E-state index is 14.7. The second-order valence-corrected chi connectivity index (χ2v) is 8.56. The van der Waals surface area contributed by atoms with Crippen LogP contribution in [0, 0.1) is 11.7 Å². The highest BCUT2D eigenvalue weighted by Crippen LogP contribution is 2.38. The molecule has 1 saturated carbocycles. The van der Waals surface area contributed by atoms with Gasteiger partial charge in [-0.1, -0.05) is 24.1 Å². The number of hydrogen-bond acceptors (Lipinski definition) is 5. The molecule has 2 aromatic carbocycles. The van der Waals surface area contributed by atoms with Crippen molar-refractivity contribution in [2.75, 3.05) is 12.4 Å². The normalized spacial score (nSPS) is 18.0. The van der Waals surface area contributed by atoms with Crippen LogP contribution in [0.5, 0.6) is 11.5 Å². The Hall–Kier alpha value is -3.32. The van der Waals surface area contributed by atoms with Crippen LogP contribution >= 0.6 is 11.6 Å². The number of nitrogens with zero attached hydrogens (tertiary/aromatic N) is 1. The number of nitrogens with one attached hydrogen (secondary N) is 1. The fourth-order valence-corrected chi connectivity index (χ4v) is 4.54. The molecule has 0 radical (unpaired) electrons. The van der Waals surface area contributed by atoms with E-state index in [4.69, 9.17) is 16.3 Å².